The van der Waals surface area contributed by atoms with E-state index in [1.165, 1.54) is 18.0 Å². The Morgan fingerprint density at radius 3 is 2.69 bits per heavy atom. The molecule has 0 fully saturated rings. The molecule has 0 spiro atoms. The predicted molar refractivity (Wildman–Crippen MR) is 151 cm³/mol. The van der Waals surface area contributed by atoms with E-state index < -0.39 is 0 Å². The Bertz CT molecular complexity index is 1400. The summed E-state index contributed by atoms with van der Waals surface area (Å²) in [5, 5.41) is 17.0. The van der Waals surface area contributed by atoms with Gasteiger partial charge in [-0.05, 0) is 48.0 Å². The number of hydrazone groups is 1. The minimum Gasteiger partial charge on any atom is -0.497 e. The topological polar surface area (TPSA) is 116 Å². The molecule has 1 amide bonds. The van der Waals surface area contributed by atoms with Crippen molar-refractivity contribution in [2.24, 2.45) is 5.10 Å². The summed E-state index contributed by atoms with van der Waals surface area (Å²) in [6, 6.07) is 18.3. The van der Waals surface area contributed by atoms with Crippen LogP contribution in [0.15, 0.2) is 88.0 Å². The first kappa shape index (κ1) is 27.8. The smallest absolute Gasteiger partial charge is 0.285 e. The second-order valence-corrected chi connectivity index (χ2v) is 9.41. The van der Waals surface area contributed by atoms with Gasteiger partial charge in [0, 0.05) is 23.3 Å². The van der Waals surface area contributed by atoms with Crippen molar-refractivity contribution in [1.29, 1.82) is 0 Å². The number of nitrogens with one attached hydrogen (secondary N) is 2. The van der Waals surface area contributed by atoms with Crippen molar-refractivity contribution < 1.29 is 18.7 Å². The SMILES string of the molecule is C=CCn1c(CNc2ccc(Cl)cc2)nnc1SCC(=O)N/N=C/c1ccc(OCc2ccc(OC)cc2)o1. The van der Waals surface area contributed by atoms with Crippen LogP contribution in [-0.2, 0) is 24.5 Å². The average Bonchev–Trinajstić information content (AvgIpc) is 3.57. The Hall–Kier alpha value is -4.22. The van der Waals surface area contributed by atoms with E-state index in [9.17, 15) is 4.79 Å². The number of benzene rings is 2. The third kappa shape index (κ3) is 8.39. The van der Waals surface area contributed by atoms with Crippen LogP contribution in [0.1, 0.15) is 17.1 Å². The summed E-state index contributed by atoms with van der Waals surface area (Å²) in [7, 11) is 1.62. The Morgan fingerprint density at radius 1 is 1.15 bits per heavy atom. The number of furan rings is 1. The van der Waals surface area contributed by atoms with Crippen LogP contribution in [-0.4, -0.2) is 39.7 Å². The number of methoxy groups -OCH3 is 1. The monoisotopic (exact) mass is 566 g/mol. The third-order valence-electron chi connectivity index (χ3n) is 5.26. The first-order chi connectivity index (χ1) is 19.0. The van der Waals surface area contributed by atoms with Crippen molar-refractivity contribution in [3.63, 3.8) is 0 Å². The second kappa shape index (κ2) is 14.1. The minimum atomic E-state index is -0.298. The van der Waals surface area contributed by atoms with Crippen molar-refractivity contribution in [2.45, 2.75) is 24.9 Å². The first-order valence-corrected chi connectivity index (χ1v) is 13.2. The molecule has 0 aliphatic rings. The fourth-order valence-corrected chi connectivity index (χ4v) is 4.19. The number of nitrogens with zero attached hydrogens (tertiary/aromatic N) is 4. The number of amides is 1. The molecule has 39 heavy (non-hydrogen) atoms. The summed E-state index contributed by atoms with van der Waals surface area (Å²) in [4.78, 5) is 12.3. The van der Waals surface area contributed by atoms with Crippen LogP contribution in [0.25, 0.3) is 0 Å². The Balaban J connectivity index is 1.23. The van der Waals surface area contributed by atoms with Crippen molar-refractivity contribution in [2.75, 3.05) is 18.2 Å². The zero-order valence-electron chi connectivity index (χ0n) is 21.2. The van der Waals surface area contributed by atoms with Gasteiger partial charge in [-0.15, -0.1) is 16.8 Å². The molecule has 2 heterocycles. The Kier molecular flexibility index (Phi) is 10.0. The molecular formula is C27H27ClN6O4S. The number of rotatable bonds is 14. The maximum atomic E-state index is 12.3. The van der Waals surface area contributed by atoms with Gasteiger partial charge in [-0.3, -0.25) is 4.79 Å². The van der Waals surface area contributed by atoms with Crippen LogP contribution in [0.5, 0.6) is 11.7 Å². The molecule has 0 saturated heterocycles. The molecule has 2 aromatic heterocycles. The molecule has 4 rings (SSSR count). The lowest BCUT2D eigenvalue weighted by atomic mass is 10.2. The van der Waals surface area contributed by atoms with E-state index in [4.69, 9.17) is 25.5 Å². The van der Waals surface area contributed by atoms with Crippen LogP contribution in [0.3, 0.4) is 0 Å². The predicted octanol–water partition coefficient (Wildman–Crippen LogP) is 5.15. The average molecular weight is 567 g/mol. The zero-order chi connectivity index (χ0) is 27.5. The number of halogens is 1. The fraction of sp³-hybridized carbons (Fsp3) is 0.185. The normalized spacial score (nSPS) is 10.9. The summed E-state index contributed by atoms with van der Waals surface area (Å²) in [6.07, 6.45) is 3.16. The molecule has 10 nitrogen and oxygen atoms in total. The van der Waals surface area contributed by atoms with Gasteiger partial charge in [0.1, 0.15) is 12.4 Å². The maximum absolute atomic E-state index is 12.3. The molecule has 0 atom stereocenters. The van der Waals surface area contributed by atoms with Gasteiger partial charge in [-0.2, -0.15) is 5.10 Å². The number of carbonyl (C=O) groups is 1. The lowest BCUT2D eigenvalue weighted by molar-refractivity contribution is -0.118. The van der Waals surface area contributed by atoms with Crippen LogP contribution >= 0.6 is 23.4 Å². The first-order valence-electron chi connectivity index (χ1n) is 11.9. The fourth-order valence-electron chi connectivity index (χ4n) is 3.31. The van der Waals surface area contributed by atoms with E-state index in [0.717, 1.165) is 17.0 Å². The highest BCUT2D eigenvalue weighted by atomic mass is 35.5. The van der Waals surface area contributed by atoms with E-state index in [2.05, 4.69) is 32.6 Å². The number of ether oxygens (including phenoxy) is 2. The van der Waals surface area contributed by atoms with Gasteiger partial charge in [0.15, 0.2) is 16.7 Å². The van der Waals surface area contributed by atoms with E-state index >= 15 is 0 Å². The quantitative estimate of drug-likeness (QED) is 0.0931. The van der Waals surface area contributed by atoms with Crippen LogP contribution in [0.2, 0.25) is 5.02 Å². The zero-order valence-corrected chi connectivity index (χ0v) is 22.7. The number of allylic oxidation sites excluding steroid dienone is 1. The summed E-state index contributed by atoms with van der Waals surface area (Å²) < 4.78 is 18.3. The van der Waals surface area contributed by atoms with Gasteiger partial charge < -0.3 is 23.8 Å². The summed E-state index contributed by atoms with van der Waals surface area (Å²) in [6.45, 7) is 5.11. The summed E-state index contributed by atoms with van der Waals surface area (Å²) in [5.74, 6) is 2.09. The molecular weight excluding hydrogens is 540 g/mol. The molecule has 0 aliphatic carbocycles. The maximum Gasteiger partial charge on any atom is 0.285 e. The van der Waals surface area contributed by atoms with Crippen molar-refractivity contribution >= 4 is 41.2 Å². The van der Waals surface area contributed by atoms with E-state index in [0.29, 0.717) is 47.4 Å². The molecule has 2 N–H and O–H groups in total. The number of carbonyl (C=O) groups excluding carboxylic acids is 1. The van der Waals surface area contributed by atoms with E-state index in [1.807, 2.05) is 53.1 Å². The van der Waals surface area contributed by atoms with Crippen LogP contribution in [0, 0.1) is 0 Å². The van der Waals surface area contributed by atoms with Gasteiger partial charge in [0.05, 0.1) is 25.6 Å². The van der Waals surface area contributed by atoms with Crippen LogP contribution in [0.4, 0.5) is 5.69 Å². The third-order valence-corrected chi connectivity index (χ3v) is 6.47. The van der Waals surface area contributed by atoms with Gasteiger partial charge >= 0.3 is 0 Å². The van der Waals surface area contributed by atoms with Crippen molar-refractivity contribution in [3.05, 3.63) is 95.5 Å². The molecule has 0 aliphatic heterocycles. The molecule has 0 bridgehead atoms. The Labute approximate surface area is 235 Å². The highest BCUT2D eigenvalue weighted by Crippen LogP contribution is 2.20. The second-order valence-electron chi connectivity index (χ2n) is 8.03. The number of aromatic nitrogens is 3. The summed E-state index contributed by atoms with van der Waals surface area (Å²) >= 11 is 7.19. The van der Waals surface area contributed by atoms with Crippen molar-refractivity contribution in [3.8, 4) is 11.7 Å². The molecule has 202 valence electrons. The van der Waals surface area contributed by atoms with Gasteiger partial charge in [0.25, 0.3) is 11.9 Å². The lowest BCUT2D eigenvalue weighted by Crippen LogP contribution is -2.20. The molecule has 0 radical (unpaired) electrons. The number of anilines is 1. The highest BCUT2D eigenvalue weighted by Gasteiger charge is 2.13. The minimum absolute atomic E-state index is 0.103. The van der Waals surface area contributed by atoms with Gasteiger partial charge in [0.2, 0.25) is 0 Å². The van der Waals surface area contributed by atoms with Crippen LogP contribution < -0.4 is 20.2 Å². The summed E-state index contributed by atoms with van der Waals surface area (Å²) in [5.41, 5.74) is 4.37. The molecule has 0 saturated carbocycles. The lowest BCUT2D eigenvalue weighted by Gasteiger charge is -2.09. The molecule has 0 unspecified atom stereocenters. The standard InChI is InChI=1S/C27H27ClN6O4S/c1-3-14-34-24(16-29-21-8-6-20(28)7-9-21)31-33-27(34)39-18-25(35)32-30-15-23-12-13-26(38-23)37-17-19-4-10-22(36-2)11-5-19/h3-13,15,29H,1,14,16-18H2,2H3,(H,32,35)/b30-15+. The molecule has 12 heteroatoms. The largest absolute Gasteiger partial charge is 0.497 e. The molecule has 4 aromatic rings. The van der Waals surface area contributed by atoms with E-state index in [1.54, 1.807) is 25.3 Å². The number of hydrogen-bond donors (Lipinski definition) is 2. The van der Waals surface area contributed by atoms with Gasteiger partial charge in [-0.1, -0.05) is 41.6 Å². The molecule has 2 aromatic carbocycles. The highest BCUT2D eigenvalue weighted by molar-refractivity contribution is 7.99. The number of thioether (sulfide) groups is 1. The Morgan fingerprint density at radius 2 is 1.95 bits per heavy atom. The van der Waals surface area contributed by atoms with E-state index in [-0.39, 0.29) is 11.7 Å². The van der Waals surface area contributed by atoms with Crippen molar-refractivity contribution in [1.82, 2.24) is 20.2 Å². The van der Waals surface area contributed by atoms with Gasteiger partial charge in [-0.25, -0.2) is 5.43 Å². The number of hydrogen-bond acceptors (Lipinski definition) is 9.